The molecule has 0 spiro atoms. The van der Waals surface area contributed by atoms with Gasteiger partial charge in [-0.2, -0.15) is 5.10 Å². The van der Waals surface area contributed by atoms with Crippen LogP contribution in [0.2, 0.25) is 0 Å². The normalized spacial score (nSPS) is 45.8. The highest BCUT2D eigenvalue weighted by Crippen LogP contribution is 2.66. The summed E-state index contributed by atoms with van der Waals surface area (Å²) in [6.45, 7) is 6.84. The third-order valence-corrected chi connectivity index (χ3v) is 9.88. The van der Waals surface area contributed by atoms with E-state index in [9.17, 15) is 9.90 Å². The lowest BCUT2D eigenvalue weighted by Crippen LogP contribution is -2.54. The maximum atomic E-state index is 13.5. The van der Waals surface area contributed by atoms with Crippen molar-refractivity contribution in [3.05, 3.63) is 23.0 Å². The lowest BCUT2D eigenvalue weighted by molar-refractivity contribution is -0.141. The molecule has 1 aromatic heterocycles. The predicted octanol–water partition coefficient (Wildman–Crippen LogP) is 4.69. The summed E-state index contributed by atoms with van der Waals surface area (Å²) in [4.78, 5) is 13.5. The summed E-state index contributed by atoms with van der Waals surface area (Å²) in [5.41, 5.74) is 3.42. The first-order valence-corrected chi connectivity index (χ1v) is 11.7. The van der Waals surface area contributed by atoms with Crippen molar-refractivity contribution in [2.24, 2.45) is 41.5 Å². The Kier molecular flexibility index (Phi) is 4.40. The second kappa shape index (κ2) is 6.54. The smallest absolute Gasteiger partial charge is 0.165 e. The summed E-state index contributed by atoms with van der Waals surface area (Å²) in [6, 6.07) is 0. The van der Waals surface area contributed by atoms with Crippen LogP contribution in [0.1, 0.15) is 76.5 Å². The molecule has 1 heterocycles. The Morgan fingerprint density at radius 1 is 1.17 bits per heavy atom. The first kappa shape index (κ1) is 19.5. The number of fused-ring (bicyclic) bond motifs is 5. The molecule has 0 unspecified atom stereocenters. The van der Waals surface area contributed by atoms with E-state index < -0.39 is 0 Å². The Morgan fingerprint density at radius 2 is 1.97 bits per heavy atom. The first-order valence-electron chi connectivity index (χ1n) is 11.7. The van der Waals surface area contributed by atoms with E-state index in [4.69, 9.17) is 0 Å². The van der Waals surface area contributed by atoms with Gasteiger partial charge in [-0.25, -0.2) is 0 Å². The third-order valence-electron chi connectivity index (χ3n) is 9.88. The molecule has 158 valence electrons. The van der Waals surface area contributed by atoms with Gasteiger partial charge in [0.1, 0.15) is 0 Å². The summed E-state index contributed by atoms with van der Waals surface area (Å²) in [5, 5.41) is 14.6. The average Bonchev–Trinajstić information content (AvgIpc) is 3.14. The molecule has 0 aromatic carbocycles. The van der Waals surface area contributed by atoms with Gasteiger partial charge >= 0.3 is 0 Å². The lowest BCUT2D eigenvalue weighted by atomic mass is 9.45. The molecule has 1 N–H and O–H groups in total. The molecule has 4 saturated carbocycles. The van der Waals surface area contributed by atoms with E-state index in [1.807, 2.05) is 17.9 Å². The number of ketones is 1. The highest BCUT2D eigenvalue weighted by Gasteiger charge is 2.61. The molecular formula is C25H36N2O2. The summed E-state index contributed by atoms with van der Waals surface area (Å²) < 4.78 is 1.89. The number of hydrogen-bond donors (Lipinski definition) is 1. The quantitative estimate of drug-likeness (QED) is 0.701. The minimum atomic E-state index is -0.180. The van der Waals surface area contributed by atoms with E-state index in [2.05, 4.69) is 31.9 Å². The molecule has 0 aliphatic heterocycles. The van der Waals surface area contributed by atoms with E-state index in [0.29, 0.717) is 29.0 Å². The SMILES string of the molecule is Cc1c(/C=C2\C[C@@H]3[C@H]4CC[C@@H]5C[C@@H](O)CC[C@]5(C)[C@@H]4CC[C@]3(C)C2=O)cnn1C. The van der Waals surface area contributed by atoms with E-state index in [1.165, 1.54) is 19.3 Å². The summed E-state index contributed by atoms with van der Waals surface area (Å²) in [5.74, 6) is 2.94. The van der Waals surface area contributed by atoms with Crippen LogP contribution < -0.4 is 0 Å². The van der Waals surface area contributed by atoms with Crippen LogP contribution in [0.5, 0.6) is 0 Å². The van der Waals surface area contributed by atoms with Gasteiger partial charge in [0.25, 0.3) is 0 Å². The van der Waals surface area contributed by atoms with Crippen molar-refractivity contribution in [1.29, 1.82) is 0 Å². The van der Waals surface area contributed by atoms with Crippen LogP contribution in [0.15, 0.2) is 11.8 Å². The number of aromatic nitrogens is 2. The molecule has 7 atom stereocenters. The molecule has 0 bridgehead atoms. The van der Waals surface area contributed by atoms with Crippen molar-refractivity contribution in [2.75, 3.05) is 0 Å². The van der Waals surface area contributed by atoms with Crippen molar-refractivity contribution in [3.8, 4) is 0 Å². The van der Waals surface area contributed by atoms with Gasteiger partial charge in [-0.05, 0) is 99.0 Å². The van der Waals surface area contributed by atoms with Gasteiger partial charge in [0.15, 0.2) is 5.78 Å². The van der Waals surface area contributed by atoms with Crippen LogP contribution in [0, 0.1) is 41.4 Å². The molecule has 4 aliphatic rings. The Morgan fingerprint density at radius 3 is 2.69 bits per heavy atom. The van der Waals surface area contributed by atoms with Gasteiger partial charge in [0, 0.05) is 23.7 Å². The largest absolute Gasteiger partial charge is 0.393 e. The zero-order valence-electron chi connectivity index (χ0n) is 18.4. The second-order valence-corrected chi connectivity index (χ2v) is 11.1. The topological polar surface area (TPSA) is 55.1 Å². The molecule has 0 amide bonds. The van der Waals surface area contributed by atoms with Crippen molar-refractivity contribution in [1.82, 2.24) is 9.78 Å². The fourth-order valence-corrected chi connectivity index (χ4v) is 7.88. The summed E-state index contributed by atoms with van der Waals surface area (Å²) in [7, 11) is 1.96. The molecule has 4 heteroatoms. The number of aliphatic hydroxyl groups excluding tert-OH is 1. The van der Waals surface area contributed by atoms with Crippen molar-refractivity contribution < 1.29 is 9.90 Å². The summed E-state index contributed by atoms with van der Waals surface area (Å²) in [6.07, 6.45) is 12.7. The van der Waals surface area contributed by atoms with Crippen LogP contribution >= 0.6 is 0 Å². The minimum absolute atomic E-state index is 0.0937. The molecule has 29 heavy (non-hydrogen) atoms. The number of carbonyl (C=O) groups excluding carboxylic acids is 1. The highest BCUT2D eigenvalue weighted by atomic mass is 16.3. The number of nitrogens with zero attached hydrogens (tertiary/aromatic N) is 2. The number of rotatable bonds is 1. The number of allylic oxidation sites excluding steroid dienone is 1. The van der Waals surface area contributed by atoms with Gasteiger partial charge < -0.3 is 5.11 Å². The van der Waals surface area contributed by atoms with Crippen LogP contribution in [0.25, 0.3) is 6.08 Å². The van der Waals surface area contributed by atoms with E-state index in [0.717, 1.165) is 54.9 Å². The van der Waals surface area contributed by atoms with Crippen LogP contribution in [0.4, 0.5) is 0 Å². The predicted molar refractivity (Wildman–Crippen MR) is 114 cm³/mol. The fourth-order valence-electron chi connectivity index (χ4n) is 7.88. The second-order valence-electron chi connectivity index (χ2n) is 11.1. The zero-order valence-corrected chi connectivity index (χ0v) is 18.4. The lowest BCUT2D eigenvalue weighted by Gasteiger charge is -2.59. The average molecular weight is 397 g/mol. The van der Waals surface area contributed by atoms with Crippen molar-refractivity contribution in [2.45, 2.75) is 78.2 Å². The van der Waals surface area contributed by atoms with Crippen molar-refractivity contribution in [3.63, 3.8) is 0 Å². The standard InChI is InChI=1S/C25H36N2O2/c1-15-17(14-26-27(15)4)11-16-12-22-20-6-5-18-13-19(28)7-9-24(18,2)21(20)8-10-25(22,3)23(16)29/h11,14,18-22,28H,5-10,12-13H2,1-4H3/b16-11+/t18-,19+,20+,21-,22-,24+,25+/m1/s1. The fraction of sp³-hybridized carbons (Fsp3) is 0.760. The van der Waals surface area contributed by atoms with Crippen LogP contribution in [0.3, 0.4) is 0 Å². The van der Waals surface area contributed by atoms with E-state index in [1.54, 1.807) is 0 Å². The van der Waals surface area contributed by atoms with Crippen LogP contribution in [-0.4, -0.2) is 26.8 Å². The van der Waals surface area contributed by atoms with E-state index in [-0.39, 0.29) is 11.5 Å². The first-order chi connectivity index (χ1) is 13.7. The number of carbonyl (C=O) groups is 1. The van der Waals surface area contributed by atoms with Crippen LogP contribution in [-0.2, 0) is 11.8 Å². The Labute approximate surface area is 174 Å². The molecule has 1 aromatic rings. The number of aliphatic hydroxyl groups is 1. The monoisotopic (exact) mass is 396 g/mol. The number of aryl methyl sites for hydroxylation is 1. The maximum Gasteiger partial charge on any atom is 0.165 e. The highest BCUT2D eigenvalue weighted by molar-refractivity contribution is 6.06. The molecule has 5 rings (SSSR count). The van der Waals surface area contributed by atoms with Gasteiger partial charge in [0.05, 0.1) is 12.3 Å². The Hall–Kier alpha value is -1.42. The molecular weight excluding hydrogens is 360 g/mol. The van der Waals surface area contributed by atoms with E-state index >= 15 is 0 Å². The van der Waals surface area contributed by atoms with Crippen molar-refractivity contribution >= 4 is 11.9 Å². The Balaban J connectivity index is 1.46. The van der Waals surface area contributed by atoms with Gasteiger partial charge in [-0.1, -0.05) is 13.8 Å². The Bertz CT molecular complexity index is 870. The minimum Gasteiger partial charge on any atom is -0.393 e. The number of Topliss-reactive ketones (excluding diaryl/α,β-unsaturated/α-hetero) is 1. The molecule has 4 fully saturated rings. The third kappa shape index (κ3) is 2.74. The van der Waals surface area contributed by atoms with Gasteiger partial charge in [-0.3, -0.25) is 9.48 Å². The number of hydrogen-bond acceptors (Lipinski definition) is 3. The molecule has 0 saturated heterocycles. The molecule has 0 radical (unpaired) electrons. The zero-order chi connectivity index (χ0) is 20.6. The molecule has 4 aliphatic carbocycles. The van der Waals surface area contributed by atoms with Gasteiger partial charge in [-0.15, -0.1) is 0 Å². The summed E-state index contributed by atoms with van der Waals surface area (Å²) >= 11 is 0. The van der Waals surface area contributed by atoms with Gasteiger partial charge in [0.2, 0.25) is 0 Å². The maximum absolute atomic E-state index is 13.5. The molecule has 4 nitrogen and oxygen atoms in total.